The Morgan fingerprint density at radius 3 is 2.63 bits per heavy atom. The third-order valence-corrected chi connectivity index (χ3v) is 5.29. The number of pyridine rings is 1. The number of primary amides is 1. The lowest BCUT2D eigenvalue weighted by Crippen LogP contribution is -2.49. The number of rotatable bonds is 6. The first-order valence-corrected chi connectivity index (χ1v) is 9.40. The Morgan fingerprint density at radius 1 is 1.20 bits per heavy atom. The molecule has 1 saturated carbocycles. The van der Waals surface area contributed by atoms with E-state index in [1.807, 2.05) is 0 Å². The minimum Gasteiger partial charge on any atom is -0.399 e. The highest BCUT2D eigenvalue weighted by Gasteiger charge is 2.48. The van der Waals surface area contributed by atoms with E-state index in [4.69, 9.17) is 11.5 Å². The van der Waals surface area contributed by atoms with E-state index in [0.29, 0.717) is 22.8 Å². The van der Waals surface area contributed by atoms with Crippen LogP contribution >= 0.6 is 0 Å². The fraction of sp³-hybridized carbons (Fsp3) is 0.238. The Hall–Kier alpha value is -3.62. The molecule has 1 aromatic carbocycles. The molecular formula is C21H20F2N6O. The number of hydrogen-bond acceptors (Lipinski definition) is 6. The van der Waals surface area contributed by atoms with Gasteiger partial charge in [-0.15, -0.1) is 10.2 Å². The molecule has 0 bridgehead atoms. The molecule has 0 atom stereocenters. The smallest absolute Gasteiger partial charge is 0.248 e. The number of hydrogen-bond donors (Lipinski definition) is 3. The van der Waals surface area contributed by atoms with E-state index in [1.165, 1.54) is 24.4 Å². The van der Waals surface area contributed by atoms with Gasteiger partial charge in [-0.05, 0) is 55.3 Å². The van der Waals surface area contributed by atoms with Crippen molar-refractivity contribution < 1.29 is 13.6 Å². The zero-order chi connectivity index (χ0) is 21.3. The minimum absolute atomic E-state index is 0.193. The summed E-state index contributed by atoms with van der Waals surface area (Å²) in [6.07, 6.45) is 0.911. The van der Waals surface area contributed by atoms with Crippen LogP contribution in [0, 0.1) is 5.82 Å². The third kappa shape index (κ3) is 3.78. The molecule has 9 heteroatoms. The molecule has 4 rings (SSSR count). The number of anilines is 2. The van der Waals surface area contributed by atoms with E-state index >= 15 is 0 Å². The van der Waals surface area contributed by atoms with Crippen LogP contribution in [0.1, 0.15) is 28.9 Å². The maximum Gasteiger partial charge on any atom is 0.248 e. The Morgan fingerprint density at radius 2 is 2.00 bits per heavy atom. The number of carbonyl (C=O) groups excluding carboxylic acids is 1. The summed E-state index contributed by atoms with van der Waals surface area (Å²) in [6.45, 7) is 0.277. The standard InChI is InChI=1S/C21H20F2N6O/c22-14-9-21(10-14,19-16(23)2-1-5-26-19)11-27-18-4-3-17(28-29-18)12-6-13(20(25)30)8-15(24)7-12/h1-8,14H,9-11,24H2,(H2,25,30)(H,27,29). The molecule has 1 aliphatic rings. The fourth-order valence-corrected chi connectivity index (χ4v) is 3.77. The second-order valence-electron chi connectivity index (χ2n) is 7.49. The predicted octanol–water partition coefficient (Wildman–Crippen LogP) is 2.84. The Labute approximate surface area is 171 Å². The van der Waals surface area contributed by atoms with Gasteiger partial charge in [0, 0.05) is 35.0 Å². The molecule has 0 saturated heterocycles. The van der Waals surface area contributed by atoms with Gasteiger partial charge < -0.3 is 16.8 Å². The summed E-state index contributed by atoms with van der Waals surface area (Å²) in [4.78, 5) is 15.6. The number of alkyl halides is 1. The monoisotopic (exact) mass is 410 g/mol. The van der Waals surface area contributed by atoms with Crippen molar-refractivity contribution in [2.75, 3.05) is 17.6 Å². The number of halogens is 2. The average Bonchev–Trinajstić information content (AvgIpc) is 2.70. The second-order valence-corrected chi connectivity index (χ2v) is 7.49. The maximum absolute atomic E-state index is 14.2. The van der Waals surface area contributed by atoms with E-state index in [-0.39, 0.29) is 30.6 Å². The number of amides is 1. The van der Waals surface area contributed by atoms with E-state index in [1.54, 1.807) is 24.3 Å². The Kier molecular flexibility index (Phi) is 5.03. The van der Waals surface area contributed by atoms with Crippen LogP contribution in [0.15, 0.2) is 48.7 Å². The zero-order valence-electron chi connectivity index (χ0n) is 16.0. The first kappa shape index (κ1) is 19.7. The first-order valence-electron chi connectivity index (χ1n) is 9.40. The summed E-state index contributed by atoms with van der Waals surface area (Å²) in [5.41, 5.74) is 12.5. The Balaban J connectivity index is 1.51. The van der Waals surface area contributed by atoms with Crippen molar-refractivity contribution in [1.29, 1.82) is 0 Å². The van der Waals surface area contributed by atoms with Gasteiger partial charge in [-0.25, -0.2) is 8.78 Å². The quantitative estimate of drug-likeness (QED) is 0.538. The lowest BCUT2D eigenvalue weighted by atomic mass is 9.65. The summed E-state index contributed by atoms with van der Waals surface area (Å²) in [7, 11) is 0. The lowest BCUT2D eigenvalue weighted by Gasteiger charge is -2.44. The number of benzene rings is 1. The van der Waals surface area contributed by atoms with Crippen LogP contribution in [-0.2, 0) is 5.41 Å². The van der Waals surface area contributed by atoms with Gasteiger partial charge in [-0.2, -0.15) is 0 Å². The molecular weight excluding hydrogens is 390 g/mol. The number of nitrogens with one attached hydrogen (secondary N) is 1. The Bertz CT molecular complexity index is 1080. The van der Waals surface area contributed by atoms with Crippen LogP contribution in [0.2, 0.25) is 0 Å². The molecule has 2 aromatic heterocycles. The molecule has 30 heavy (non-hydrogen) atoms. The van der Waals surface area contributed by atoms with Crippen molar-refractivity contribution in [2.24, 2.45) is 5.73 Å². The van der Waals surface area contributed by atoms with Crippen LogP contribution in [0.4, 0.5) is 20.3 Å². The zero-order valence-corrected chi connectivity index (χ0v) is 16.0. The molecule has 0 aliphatic heterocycles. The van der Waals surface area contributed by atoms with Gasteiger partial charge in [0.05, 0.1) is 11.4 Å². The summed E-state index contributed by atoms with van der Waals surface area (Å²) in [6, 6.07) is 11.0. The van der Waals surface area contributed by atoms with Crippen LogP contribution in [0.3, 0.4) is 0 Å². The number of aromatic nitrogens is 3. The van der Waals surface area contributed by atoms with Crippen LogP contribution < -0.4 is 16.8 Å². The molecule has 1 amide bonds. The van der Waals surface area contributed by atoms with Gasteiger partial charge in [0.15, 0.2) is 0 Å². The molecule has 0 spiro atoms. The summed E-state index contributed by atoms with van der Waals surface area (Å²) < 4.78 is 27.9. The normalized spacial score (nSPS) is 20.4. The van der Waals surface area contributed by atoms with Crippen molar-refractivity contribution in [3.8, 4) is 11.3 Å². The molecule has 0 radical (unpaired) electrons. The number of nitrogens with zero attached hydrogens (tertiary/aromatic N) is 3. The van der Waals surface area contributed by atoms with Gasteiger partial charge in [0.25, 0.3) is 0 Å². The summed E-state index contributed by atoms with van der Waals surface area (Å²) in [5.74, 6) is -0.580. The van der Waals surface area contributed by atoms with Crippen LogP contribution in [0.5, 0.6) is 0 Å². The highest BCUT2D eigenvalue weighted by atomic mass is 19.1. The highest BCUT2D eigenvalue weighted by Crippen LogP contribution is 2.45. The molecule has 1 fully saturated rings. The maximum atomic E-state index is 14.2. The van der Waals surface area contributed by atoms with Crippen molar-refractivity contribution >= 4 is 17.4 Å². The van der Waals surface area contributed by atoms with Crippen LogP contribution in [-0.4, -0.2) is 33.8 Å². The molecule has 7 nitrogen and oxygen atoms in total. The molecule has 5 N–H and O–H groups in total. The molecule has 3 aromatic rings. The molecule has 154 valence electrons. The van der Waals surface area contributed by atoms with Crippen molar-refractivity contribution in [2.45, 2.75) is 24.4 Å². The largest absolute Gasteiger partial charge is 0.399 e. The van der Waals surface area contributed by atoms with Crippen molar-refractivity contribution in [3.05, 3.63) is 65.7 Å². The summed E-state index contributed by atoms with van der Waals surface area (Å²) in [5, 5.41) is 11.4. The van der Waals surface area contributed by atoms with Gasteiger partial charge in [-0.1, -0.05) is 0 Å². The summed E-state index contributed by atoms with van der Waals surface area (Å²) >= 11 is 0. The van der Waals surface area contributed by atoms with E-state index in [9.17, 15) is 13.6 Å². The lowest BCUT2D eigenvalue weighted by molar-refractivity contribution is 0.0963. The van der Waals surface area contributed by atoms with E-state index < -0.39 is 23.3 Å². The van der Waals surface area contributed by atoms with Crippen LogP contribution in [0.25, 0.3) is 11.3 Å². The van der Waals surface area contributed by atoms with Gasteiger partial charge in [0.1, 0.15) is 17.8 Å². The second kappa shape index (κ2) is 7.66. The molecule has 1 aliphatic carbocycles. The first-order chi connectivity index (χ1) is 14.4. The fourth-order valence-electron chi connectivity index (χ4n) is 3.77. The number of carbonyl (C=O) groups is 1. The third-order valence-electron chi connectivity index (χ3n) is 5.29. The van der Waals surface area contributed by atoms with Gasteiger partial charge in [-0.3, -0.25) is 9.78 Å². The topological polar surface area (TPSA) is 120 Å². The molecule has 2 heterocycles. The minimum atomic E-state index is -0.982. The van der Waals surface area contributed by atoms with E-state index in [2.05, 4.69) is 20.5 Å². The molecule has 0 unspecified atom stereocenters. The predicted molar refractivity (Wildman–Crippen MR) is 109 cm³/mol. The number of nitrogens with two attached hydrogens (primary N) is 2. The van der Waals surface area contributed by atoms with Crippen molar-refractivity contribution in [3.63, 3.8) is 0 Å². The average molecular weight is 410 g/mol. The van der Waals surface area contributed by atoms with Crippen molar-refractivity contribution in [1.82, 2.24) is 15.2 Å². The van der Waals surface area contributed by atoms with Gasteiger partial charge in [0.2, 0.25) is 5.91 Å². The van der Waals surface area contributed by atoms with E-state index in [0.717, 1.165) is 0 Å². The highest BCUT2D eigenvalue weighted by molar-refractivity contribution is 5.95. The SMILES string of the molecule is NC(=O)c1cc(N)cc(-c2ccc(NCC3(c4ncccc4F)CC(F)C3)nn2)c1. The number of nitrogen functional groups attached to an aromatic ring is 1. The van der Waals surface area contributed by atoms with Gasteiger partial charge >= 0.3 is 0 Å².